The lowest BCUT2D eigenvalue weighted by Gasteiger charge is -2.37. The minimum absolute atomic E-state index is 0.0439. The number of alkyl halides is 3. The van der Waals surface area contributed by atoms with Crippen LogP contribution in [0, 0.1) is 23.5 Å². The number of hydrogen-bond donors (Lipinski definition) is 0. The fraction of sp³-hybridized carbons (Fsp3) is 0.600. The molecule has 9 heteroatoms. The van der Waals surface area contributed by atoms with Gasteiger partial charge in [0.1, 0.15) is 17.2 Å². The van der Waals surface area contributed by atoms with Gasteiger partial charge in [-0.2, -0.15) is 8.78 Å². The van der Waals surface area contributed by atoms with Crippen LogP contribution >= 0.6 is 11.6 Å². The number of hydrogen-bond acceptors (Lipinski definition) is 4. The second-order valence-electron chi connectivity index (χ2n) is 7.16. The largest absolute Gasteiger partial charge is 0.353 e. The highest BCUT2D eigenvalue weighted by molar-refractivity contribution is 6.21. The molecule has 0 atom stereocenters. The van der Waals surface area contributed by atoms with Gasteiger partial charge >= 0.3 is 5.38 Å². The molecule has 0 bridgehead atoms. The Hall–Kier alpha value is -1.19. The van der Waals surface area contributed by atoms with E-state index in [2.05, 4.69) is 6.08 Å². The molecule has 0 spiro atoms. The summed E-state index contributed by atoms with van der Waals surface area (Å²) in [6.07, 6.45) is 4.49. The molecule has 2 fully saturated rings. The molecule has 0 N–H and O–H groups in total. The summed E-state index contributed by atoms with van der Waals surface area (Å²) in [5.41, 5.74) is -1.54. The van der Waals surface area contributed by atoms with E-state index in [9.17, 15) is 17.6 Å². The molecule has 1 aromatic carbocycles. The predicted molar refractivity (Wildman–Crippen MR) is 97.5 cm³/mol. The Morgan fingerprint density at radius 2 is 1.62 bits per heavy atom. The summed E-state index contributed by atoms with van der Waals surface area (Å²) in [6.45, 7) is 3.48. The summed E-state index contributed by atoms with van der Waals surface area (Å²) in [5.74, 6) is -2.80. The van der Waals surface area contributed by atoms with E-state index in [1.165, 1.54) is 0 Å². The van der Waals surface area contributed by atoms with Crippen molar-refractivity contribution >= 4 is 11.6 Å². The number of benzene rings is 1. The van der Waals surface area contributed by atoms with Gasteiger partial charge in [0.05, 0.1) is 32.3 Å². The van der Waals surface area contributed by atoms with Gasteiger partial charge < -0.3 is 18.9 Å². The highest BCUT2D eigenvalue weighted by Crippen LogP contribution is 2.38. The van der Waals surface area contributed by atoms with Gasteiger partial charge in [-0.25, -0.2) is 8.78 Å². The molecule has 2 saturated heterocycles. The first-order valence-corrected chi connectivity index (χ1v) is 9.81. The lowest BCUT2D eigenvalue weighted by atomic mass is 10.0. The smallest absolute Gasteiger partial charge is 0.352 e. The van der Waals surface area contributed by atoms with Gasteiger partial charge in [0.25, 0.3) is 0 Å². The summed E-state index contributed by atoms with van der Waals surface area (Å²) < 4.78 is 76.7. The fourth-order valence-corrected chi connectivity index (χ4v) is 3.54. The fourth-order valence-electron chi connectivity index (χ4n) is 3.36. The van der Waals surface area contributed by atoms with Gasteiger partial charge in [-0.1, -0.05) is 12.2 Å². The summed E-state index contributed by atoms with van der Waals surface area (Å²) in [4.78, 5) is 0. The average molecular weight is 439 g/mol. The van der Waals surface area contributed by atoms with E-state index in [-0.39, 0.29) is 24.7 Å². The molecule has 0 radical (unpaired) electrons. The summed E-state index contributed by atoms with van der Waals surface area (Å²) in [6, 6.07) is 1.48. The van der Waals surface area contributed by atoms with Crippen LogP contribution in [0.2, 0.25) is 0 Å². The van der Waals surface area contributed by atoms with Gasteiger partial charge in [-0.15, -0.1) is 0 Å². The average Bonchev–Trinajstić information content (AvgIpc) is 2.67. The van der Waals surface area contributed by atoms with E-state index in [4.69, 9.17) is 30.5 Å². The van der Waals surface area contributed by atoms with Crippen molar-refractivity contribution in [1.82, 2.24) is 0 Å². The standard InChI is InChI=1S/C20H23ClF4O4/c1-2-3-4-5-12-8-26-19(27-9-12)14-10-28-18(29-11-14)13-6-15(22)17(16(23)7-13)20(21,24)25/h2-3,6-7,12,14,18-19H,4-5,8-11H2,1H3. The van der Waals surface area contributed by atoms with Crippen LogP contribution < -0.4 is 0 Å². The summed E-state index contributed by atoms with van der Waals surface area (Å²) in [7, 11) is 0. The molecule has 3 rings (SSSR count). The maximum atomic E-state index is 13.9. The minimum Gasteiger partial charge on any atom is -0.352 e. The topological polar surface area (TPSA) is 36.9 Å². The first kappa shape index (κ1) is 22.5. The maximum Gasteiger partial charge on any atom is 0.353 e. The van der Waals surface area contributed by atoms with E-state index in [1.54, 1.807) is 0 Å². The molecular weight excluding hydrogens is 416 g/mol. The molecular formula is C20H23ClF4O4. The Labute approximate surface area is 171 Å². The molecule has 0 amide bonds. The van der Waals surface area contributed by atoms with Crippen molar-refractivity contribution in [1.29, 1.82) is 0 Å². The monoisotopic (exact) mass is 438 g/mol. The molecule has 1 aromatic rings. The third kappa shape index (κ3) is 5.70. The van der Waals surface area contributed by atoms with Crippen LogP contribution in [-0.4, -0.2) is 32.7 Å². The second kappa shape index (κ2) is 9.75. The summed E-state index contributed by atoms with van der Waals surface area (Å²) >= 11 is 4.75. The van der Waals surface area contributed by atoms with Crippen LogP contribution in [0.15, 0.2) is 24.3 Å². The van der Waals surface area contributed by atoms with Gasteiger partial charge in [-0.3, -0.25) is 0 Å². The van der Waals surface area contributed by atoms with Gasteiger partial charge in [0, 0.05) is 11.5 Å². The van der Waals surface area contributed by atoms with E-state index >= 15 is 0 Å². The van der Waals surface area contributed by atoms with Crippen molar-refractivity contribution in [3.05, 3.63) is 47.0 Å². The van der Waals surface area contributed by atoms with Gasteiger partial charge in [0.2, 0.25) is 0 Å². The molecule has 0 aromatic heterocycles. The number of ether oxygens (including phenoxy) is 4. The highest BCUT2D eigenvalue weighted by atomic mass is 35.5. The van der Waals surface area contributed by atoms with Gasteiger partial charge in [-0.05, 0) is 43.5 Å². The van der Waals surface area contributed by atoms with Crippen molar-refractivity contribution in [3.8, 4) is 0 Å². The van der Waals surface area contributed by atoms with Crippen molar-refractivity contribution in [2.75, 3.05) is 26.4 Å². The second-order valence-corrected chi connectivity index (χ2v) is 7.64. The predicted octanol–water partition coefficient (Wildman–Crippen LogP) is 5.26. The van der Waals surface area contributed by atoms with Crippen LogP contribution in [-0.2, 0) is 24.3 Å². The van der Waals surface area contributed by atoms with Crippen LogP contribution in [0.5, 0.6) is 0 Å². The zero-order valence-electron chi connectivity index (χ0n) is 15.9. The van der Waals surface area contributed by atoms with Crippen molar-refractivity contribution < 1.29 is 36.5 Å². The first-order chi connectivity index (χ1) is 13.8. The quantitative estimate of drug-likeness (QED) is 0.345. The zero-order valence-corrected chi connectivity index (χ0v) is 16.6. The van der Waals surface area contributed by atoms with Crippen LogP contribution in [0.25, 0.3) is 0 Å². The lowest BCUT2D eigenvalue weighted by molar-refractivity contribution is -0.283. The molecule has 0 unspecified atom stereocenters. The van der Waals surface area contributed by atoms with Crippen molar-refractivity contribution in [2.24, 2.45) is 11.8 Å². The Bertz CT molecular complexity index is 686. The molecule has 4 nitrogen and oxygen atoms in total. The van der Waals surface area contributed by atoms with Crippen LogP contribution in [0.3, 0.4) is 0 Å². The molecule has 2 aliphatic heterocycles. The Kier molecular flexibility index (Phi) is 7.56. The van der Waals surface area contributed by atoms with E-state index in [0.29, 0.717) is 19.1 Å². The number of allylic oxidation sites excluding steroid dienone is 2. The SMILES string of the molecule is CC=CCCC1COC(C2COC(c3cc(F)c(C(F)(F)Cl)c(F)c3)OC2)OC1. The van der Waals surface area contributed by atoms with Crippen LogP contribution in [0.4, 0.5) is 17.6 Å². The van der Waals surface area contributed by atoms with E-state index in [1.807, 2.05) is 13.0 Å². The molecule has 2 heterocycles. The van der Waals surface area contributed by atoms with E-state index in [0.717, 1.165) is 25.0 Å². The lowest BCUT2D eigenvalue weighted by Crippen LogP contribution is -2.43. The number of halogens is 5. The summed E-state index contributed by atoms with van der Waals surface area (Å²) in [5, 5.41) is -4.15. The Balaban J connectivity index is 1.52. The molecule has 162 valence electrons. The Morgan fingerprint density at radius 1 is 1.03 bits per heavy atom. The highest BCUT2D eigenvalue weighted by Gasteiger charge is 2.38. The third-order valence-corrected chi connectivity index (χ3v) is 5.09. The molecule has 0 aliphatic carbocycles. The van der Waals surface area contributed by atoms with Crippen molar-refractivity contribution in [3.63, 3.8) is 0 Å². The molecule has 0 saturated carbocycles. The van der Waals surface area contributed by atoms with Crippen LogP contribution in [0.1, 0.15) is 37.2 Å². The number of rotatable bonds is 6. The van der Waals surface area contributed by atoms with E-state index < -0.39 is 35.2 Å². The molecule has 2 aliphatic rings. The zero-order chi connectivity index (χ0) is 21.0. The van der Waals surface area contributed by atoms with Crippen molar-refractivity contribution in [2.45, 2.75) is 37.7 Å². The molecule has 29 heavy (non-hydrogen) atoms. The first-order valence-electron chi connectivity index (χ1n) is 9.43. The Morgan fingerprint density at radius 3 is 2.14 bits per heavy atom. The van der Waals surface area contributed by atoms with Gasteiger partial charge in [0.15, 0.2) is 12.6 Å². The normalized spacial score (nSPS) is 28.8. The third-order valence-electron chi connectivity index (χ3n) is 4.90. The maximum absolute atomic E-state index is 13.9. The minimum atomic E-state index is -4.15.